The zero-order valence-electron chi connectivity index (χ0n) is 13.4. The van der Waals surface area contributed by atoms with E-state index in [9.17, 15) is 9.59 Å². The van der Waals surface area contributed by atoms with Gasteiger partial charge in [-0.1, -0.05) is 46.0 Å². The lowest BCUT2D eigenvalue weighted by atomic mass is 9.82. The third-order valence-corrected chi connectivity index (χ3v) is 5.37. The van der Waals surface area contributed by atoms with E-state index in [1.807, 2.05) is 18.7 Å². The topological polar surface area (TPSA) is 57.6 Å². The maximum atomic E-state index is 12.6. The van der Waals surface area contributed by atoms with Crippen molar-refractivity contribution in [3.8, 4) is 0 Å². The predicted octanol–water partition coefficient (Wildman–Crippen LogP) is 3.16. The SMILES string of the molecule is CC(CC1CCCCC1)C(=O)N1CCC(C(=O)O)C(C)C1. The molecule has 0 aromatic rings. The Balaban J connectivity index is 1.83. The van der Waals surface area contributed by atoms with Gasteiger partial charge in [0.2, 0.25) is 5.91 Å². The Morgan fingerprint density at radius 2 is 1.86 bits per heavy atom. The highest BCUT2D eigenvalue weighted by atomic mass is 16.4. The molecule has 0 bridgehead atoms. The molecule has 0 radical (unpaired) electrons. The predicted molar refractivity (Wildman–Crippen MR) is 81.8 cm³/mol. The maximum absolute atomic E-state index is 12.6. The van der Waals surface area contributed by atoms with Crippen LogP contribution in [0.1, 0.15) is 58.8 Å². The molecule has 4 heteroatoms. The first-order valence-electron chi connectivity index (χ1n) is 8.50. The van der Waals surface area contributed by atoms with Gasteiger partial charge in [0.1, 0.15) is 0 Å². The van der Waals surface area contributed by atoms with E-state index in [4.69, 9.17) is 5.11 Å². The first-order chi connectivity index (χ1) is 9.99. The van der Waals surface area contributed by atoms with Crippen molar-refractivity contribution < 1.29 is 14.7 Å². The van der Waals surface area contributed by atoms with Crippen molar-refractivity contribution in [2.24, 2.45) is 23.7 Å². The van der Waals surface area contributed by atoms with Crippen LogP contribution in [0.25, 0.3) is 0 Å². The number of amides is 1. The van der Waals surface area contributed by atoms with Gasteiger partial charge in [-0.05, 0) is 24.7 Å². The summed E-state index contributed by atoms with van der Waals surface area (Å²) in [5, 5.41) is 9.16. The van der Waals surface area contributed by atoms with Gasteiger partial charge < -0.3 is 10.0 Å². The number of aliphatic carboxylic acids is 1. The van der Waals surface area contributed by atoms with E-state index >= 15 is 0 Å². The molecule has 1 heterocycles. The highest BCUT2D eigenvalue weighted by Crippen LogP contribution is 2.31. The average molecular weight is 295 g/mol. The largest absolute Gasteiger partial charge is 0.481 e. The number of carboxylic acid groups (broad SMARTS) is 1. The highest BCUT2D eigenvalue weighted by molar-refractivity contribution is 5.79. The van der Waals surface area contributed by atoms with Crippen molar-refractivity contribution in [2.45, 2.75) is 58.8 Å². The van der Waals surface area contributed by atoms with E-state index in [0.29, 0.717) is 25.4 Å². The lowest BCUT2D eigenvalue weighted by molar-refractivity contribution is -0.149. The molecule has 4 nitrogen and oxygen atoms in total. The molecule has 3 atom stereocenters. The number of carboxylic acids is 1. The van der Waals surface area contributed by atoms with Crippen LogP contribution in [-0.2, 0) is 9.59 Å². The molecule has 0 spiro atoms. The number of hydrogen-bond donors (Lipinski definition) is 1. The molecule has 1 amide bonds. The molecule has 1 aliphatic heterocycles. The normalized spacial score (nSPS) is 29.1. The Kier molecular flexibility index (Phi) is 5.65. The smallest absolute Gasteiger partial charge is 0.306 e. The maximum Gasteiger partial charge on any atom is 0.306 e. The van der Waals surface area contributed by atoms with Crippen molar-refractivity contribution in [1.82, 2.24) is 4.90 Å². The fourth-order valence-corrected chi connectivity index (χ4v) is 4.05. The summed E-state index contributed by atoms with van der Waals surface area (Å²) in [6.45, 7) is 5.20. The molecule has 0 aromatic carbocycles. The minimum absolute atomic E-state index is 0.0575. The highest BCUT2D eigenvalue weighted by Gasteiger charge is 2.34. The molecular weight excluding hydrogens is 266 g/mol. The van der Waals surface area contributed by atoms with Crippen LogP contribution in [0, 0.1) is 23.7 Å². The molecule has 2 rings (SSSR count). The average Bonchev–Trinajstić information content (AvgIpc) is 2.47. The van der Waals surface area contributed by atoms with Crippen LogP contribution in [-0.4, -0.2) is 35.0 Å². The number of carbonyl (C=O) groups is 2. The summed E-state index contributed by atoms with van der Waals surface area (Å²) in [5.41, 5.74) is 0. The van der Waals surface area contributed by atoms with E-state index in [-0.39, 0.29) is 23.7 Å². The summed E-state index contributed by atoms with van der Waals surface area (Å²) in [6.07, 6.45) is 8.12. The van der Waals surface area contributed by atoms with Gasteiger partial charge in [0.05, 0.1) is 5.92 Å². The van der Waals surface area contributed by atoms with Crippen molar-refractivity contribution in [3.05, 3.63) is 0 Å². The van der Waals surface area contributed by atoms with Crippen LogP contribution in [0.15, 0.2) is 0 Å². The quantitative estimate of drug-likeness (QED) is 0.866. The zero-order valence-corrected chi connectivity index (χ0v) is 13.4. The van der Waals surface area contributed by atoms with Crippen LogP contribution in [0.4, 0.5) is 0 Å². The summed E-state index contributed by atoms with van der Waals surface area (Å²) in [7, 11) is 0. The van der Waals surface area contributed by atoms with Crippen LogP contribution in [0.5, 0.6) is 0 Å². The molecule has 3 unspecified atom stereocenters. The van der Waals surface area contributed by atoms with Gasteiger partial charge in [0, 0.05) is 19.0 Å². The summed E-state index contributed by atoms with van der Waals surface area (Å²) < 4.78 is 0. The lowest BCUT2D eigenvalue weighted by Gasteiger charge is -2.37. The number of rotatable bonds is 4. The molecule has 0 aromatic heterocycles. The molecule has 2 fully saturated rings. The van der Waals surface area contributed by atoms with E-state index in [2.05, 4.69) is 0 Å². The van der Waals surface area contributed by atoms with Gasteiger partial charge in [0.25, 0.3) is 0 Å². The van der Waals surface area contributed by atoms with Gasteiger partial charge in [-0.15, -0.1) is 0 Å². The molecule has 2 aliphatic rings. The van der Waals surface area contributed by atoms with E-state index < -0.39 is 5.97 Å². The van der Waals surface area contributed by atoms with Crippen LogP contribution < -0.4 is 0 Å². The van der Waals surface area contributed by atoms with Crippen molar-refractivity contribution in [3.63, 3.8) is 0 Å². The second-order valence-electron chi connectivity index (χ2n) is 7.14. The number of likely N-dealkylation sites (tertiary alicyclic amines) is 1. The summed E-state index contributed by atoms with van der Waals surface area (Å²) >= 11 is 0. The number of carbonyl (C=O) groups excluding carboxylic acids is 1. The molecule has 1 saturated carbocycles. The molecule has 1 aliphatic carbocycles. The lowest BCUT2D eigenvalue weighted by Crippen LogP contribution is -2.46. The fourth-order valence-electron chi connectivity index (χ4n) is 4.05. The third kappa shape index (κ3) is 4.21. The van der Waals surface area contributed by atoms with Crippen LogP contribution >= 0.6 is 0 Å². The number of nitrogens with zero attached hydrogens (tertiary/aromatic N) is 1. The minimum Gasteiger partial charge on any atom is -0.481 e. The van der Waals surface area contributed by atoms with Crippen molar-refractivity contribution in [2.75, 3.05) is 13.1 Å². The second kappa shape index (κ2) is 7.28. The molecule has 1 saturated heterocycles. The van der Waals surface area contributed by atoms with E-state index in [0.717, 1.165) is 6.42 Å². The van der Waals surface area contributed by atoms with Gasteiger partial charge in [-0.3, -0.25) is 9.59 Å². The molecule has 1 N–H and O–H groups in total. The number of piperidine rings is 1. The van der Waals surface area contributed by atoms with E-state index in [1.165, 1.54) is 32.1 Å². The third-order valence-electron chi connectivity index (χ3n) is 5.37. The van der Waals surface area contributed by atoms with Crippen molar-refractivity contribution in [1.29, 1.82) is 0 Å². The number of hydrogen-bond acceptors (Lipinski definition) is 2. The molecular formula is C17H29NO3. The minimum atomic E-state index is -0.718. The zero-order chi connectivity index (χ0) is 15.4. The summed E-state index contributed by atoms with van der Waals surface area (Å²) in [4.78, 5) is 25.6. The van der Waals surface area contributed by atoms with Gasteiger partial charge in [-0.25, -0.2) is 0 Å². The first kappa shape index (κ1) is 16.3. The van der Waals surface area contributed by atoms with E-state index in [1.54, 1.807) is 0 Å². The van der Waals surface area contributed by atoms with Crippen molar-refractivity contribution >= 4 is 11.9 Å². The summed E-state index contributed by atoms with van der Waals surface area (Å²) in [6, 6.07) is 0. The summed E-state index contributed by atoms with van der Waals surface area (Å²) in [5.74, 6) is 0.0826. The Labute approximate surface area is 127 Å². The Hall–Kier alpha value is -1.06. The van der Waals surface area contributed by atoms with Gasteiger partial charge in [0.15, 0.2) is 0 Å². The van der Waals surface area contributed by atoms with Crippen LogP contribution in [0.2, 0.25) is 0 Å². The second-order valence-corrected chi connectivity index (χ2v) is 7.14. The Morgan fingerprint density at radius 3 is 2.43 bits per heavy atom. The monoisotopic (exact) mass is 295 g/mol. The first-order valence-corrected chi connectivity index (χ1v) is 8.50. The molecule has 120 valence electrons. The molecule has 21 heavy (non-hydrogen) atoms. The Bertz CT molecular complexity index is 376. The van der Waals surface area contributed by atoms with Gasteiger partial charge >= 0.3 is 5.97 Å². The van der Waals surface area contributed by atoms with Gasteiger partial charge in [-0.2, -0.15) is 0 Å². The van der Waals surface area contributed by atoms with Crippen LogP contribution in [0.3, 0.4) is 0 Å². The Morgan fingerprint density at radius 1 is 1.19 bits per heavy atom. The fraction of sp³-hybridized carbons (Fsp3) is 0.882. The standard InChI is InChI=1S/C17H29NO3/c1-12(10-14-6-4-3-5-7-14)16(19)18-9-8-15(17(20)21)13(2)11-18/h12-15H,3-11H2,1-2H3,(H,20,21).